The molecule has 1 atom stereocenters. The Morgan fingerprint density at radius 3 is 2.83 bits per heavy atom. The minimum absolute atomic E-state index is 0.133. The van der Waals surface area contributed by atoms with Gasteiger partial charge in [-0.25, -0.2) is 0 Å². The summed E-state index contributed by atoms with van der Waals surface area (Å²) in [5.74, 6) is -0.695. The van der Waals surface area contributed by atoms with Crippen LogP contribution in [-0.2, 0) is 24.4 Å². The van der Waals surface area contributed by atoms with E-state index < -0.39 is 4.92 Å². The molecule has 1 unspecified atom stereocenters. The number of hydrogen-bond acceptors (Lipinski definition) is 5. The third-order valence-electron chi connectivity index (χ3n) is 3.60. The predicted octanol–water partition coefficient (Wildman–Crippen LogP) is 1.27. The zero-order valence-electron chi connectivity index (χ0n) is 13.4. The van der Waals surface area contributed by atoms with Crippen molar-refractivity contribution >= 4 is 11.7 Å². The van der Waals surface area contributed by atoms with Gasteiger partial charge in [0.1, 0.15) is 0 Å². The number of nitrogens with zero attached hydrogens (tertiary/aromatic N) is 5. The van der Waals surface area contributed by atoms with Crippen LogP contribution in [0.2, 0.25) is 0 Å². The minimum Gasteiger partial charge on any atom is -0.358 e. The molecule has 2 heterocycles. The van der Waals surface area contributed by atoms with Crippen molar-refractivity contribution < 1.29 is 9.72 Å². The second-order valence-electron chi connectivity index (χ2n) is 5.34. The Morgan fingerprint density at radius 2 is 2.22 bits per heavy atom. The number of carbonyl (C=O) groups excluding carboxylic acids is 1. The van der Waals surface area contributed by atoms with Gasteiger partial charge in [-0.05, 0) is 24.8 Å². The van der Waals surface area contributed by atoms with E-state index in [4.69, 9.17) is 0 Å². The molecule has 0 aliphatic rings. The molecule has 9 nitrogen and oxygen atoms in total. The zero-order valence-corrected chi connectivity index (χ0v) is 13.4. The van der Waals surface area contributed by atoms with Crippen LogP contribution in [0.4, 0.5) is 5.82 Å². The third-order valence-corrected chi connectivity index (χ3v) is 3.60. The lowest BCUT2D eigenvalue weighted by atomic mass is 10.1. The Kier molecular flexibility index (Phi) is 5.09. The lowest BCUT2D eigenvalue weighted by molar-refractivity contribution is -0.389. The number of aryl methyl sites for hydroxylation is 2. The van der Waals surface area contributed by atoms with Gasteiger partial charge in [0.2, 0.25) is 5.91 Å². The van der Waals surface area contributed by atoms with Crippen LogP contribution in [-0.4, -0.2) is 30.4 Å². The van der Waals surface area contributed by atoms with Gasteiger partial charge in [-0.2, -0.15) is 9.78 Å². The Bertz CT molecular complexity index is 705. The van der Waals surface area contributed by atoms with Gasteiger partial charge >= 0.3 is 5.82 Å². The van der Waals surface area contributed by atoms with Crippen LogP contribution < -0.4 is 5.32 Å². The number of rotatable bonds is 7. The van der Waals surface area contributed by atoms with Gasteiger partial charge in [0.25, 0.3) is 0 Å². The average Bonchev–Trinajstić information content (AvgIpc) is 3.11. The van der Waals surface area contributed by atoms with E-state index in [1.165, 1.54) is 10.7 Å². The molecule has 0 aromatic carbocycles. The van der Waals surface area contributed by atoms with Crippen molar-refractivity contribution in [2.24, 2.45) is 5.92 Å². The summed E-state index contributed by atoms with van der Waals surface area (Å²) in [6.07, 6.45) is 1.70. The quantitative estimate of drug-likeness (QED) is 0.610. The topological polar surface area (TPSA) is 108 Å². The van der Waals surface area contributed by atoms with Crippen LogP contribution in [0.25, 0.3) is 0 Å². The van der Waals surface area contributed by atoms with Crippen molar-refractivity contribution in [3.8, 4) is 0 Å². The molecule has 0 fully saturated rings. The molecule has 0 saturated carbocycles. The number of carbonyl (C=O) groups is 1. The molecule has 23 heavy (non-hydrogen) atoms. The van der Waals surface area contributed by atoms with E-state index in [9.17, 15) is 14.9 Å². The third kappa shape index (κ3) is 3.93. The standard InChI is InChI=1S/C14H20N6O3/c1-4-18-12(5-6-16-18)8-15-14(21)10(2)9-19-11(3)7-13(17-19)20(22)23/h5-7,10H,4,8-9H2,1-3H3,(H,15,21). The summed E-state index contributed by atoms with van der Waals surface area (Å²) in [6, 6.07) is 3.25. The van der Waals surface area contributed by atoms with Crippen LogP contribution >= 0.6 is 0 Å². The van der Waals surface area contributed by atoms with E-state index in [0.717, 1.165) is 12.2 Å². The number of nitrogens with one attached hydrogen (secondary N) is 1. The minimum atomic E-state index is -0.542. The average molecular weight is 320 g/mol. The van der Waals surface area contributed by atoms with Crippen LogP contribution in [0.1, 0.15) is 25.2 Å². The molecule has 2 aromatic heterocycles. The molecule has 2 rings (SSSR count). The van der Waals surface area contributed by atoms with Gasteiger partial charge in [-0.15, -0.1) is 0 Å². The lowest BCUT2D eigenvalue weighted by Gasteiger charge is -2.12. The Morgan fingerprint density at radius 1 is 1.48 bits per heavy atom. The fourth-order valence-electron chi connectivity index (χ4n) is 2.26. The fraction of sp³-hybridized carbons (Fsp3) is 0.500. The van der Waals surface area contributed by atoms with E-state index in [-0.39, 0.29) is 17.6 Å². The van der Waals surface area contributed by atoms with E-state index in [2.05, 4.69) is 15.5 Å². The molecular formula is C14H20N6O3. The molecule has 0 aliphatic heterocycles. The molecular weight excluding hydrogens is 300 g/mol. The smallest absolute Gasteiger partial charge is 0.358 e. The molecule has 0 saturated heterocycles. The summed E-state index contributed by atoms with van der Waals surface area (Å²) in [7, 11) is 0. The zero-order chi connectivity index (χ0) is 17.0. The lowest BCUT2D eigenvalue weighted by Crippen LogP contribution is -2.32. The molecule has 0 spiro atoms. The maximum atomic E-state index is 12.2. The first-order valence-electron chi connectivity index (χ1n) is 7.39. The van der Waals surface area contributed by atoms with Gasteiger partial charge in [-0.1, -0.05) is 6.92 Å². The van der Waals surface area contributed by atoms with Crippen LogP contribution in [0, 0.1) is 23.0 Å². The van der Waals surface area contributed by atoms with Crippen molar-refractivity contribution in [3.05, 3.63) is 39.8 Å². The van der Waals surface area contributed by atoms with Gasteiger partial charge in [0.15, 0.2) is 0 Å². The first-order valence-corrected chi connectivity index (χ1v) is 7.39. The summed E-state index contributed by atoms with van der Waals surface area (Å²) in [6.45, 7) is 6.90. The summed E-state index contributed by atoms with van der Waals surface area (Å²) < 4.78 is 3.30. The molecule has 0 bridgehead atoms. The van der Waals surface area contributed by atoms with Gasteiger partial charge in [-0.3, -0.25) is 9.48 Å². The number of nitro groups is 1. The highest BCUT2D eigenvalue weighted by atomic mass is 16.6. The van der Waals surface area contributed by atoms with E-state index >= 15 is 0 Å². The molecule has 9 heteroatoms. The first-order chi connectivity index (χ1) is 10.9. The fourth-order valence-corrected chi connectivity index (χ4v) is 2.26. The molecule has 1 amide bonds. The SMILES string of the molecule is CCn1nccc1CNC(=O)C(C)Cn1nc([N+](=O)[O-])cc1C. The van der Waals surface area contributed by atoms with E-state index in [0.29, 0.717) is 18.8 Å². The summed E-state index contributed by atoms with van der Waals surface area (Å²) in [4.78, 5) is 22.4. The Balaban J connectivity index is 1.93. The molecule has 0 radical (unpaired) electrons. The van der Waals surface area contributed by atoms with Crippen molar-refractivity contribution in [1.82, 2.24) is 24.9 Å². The van der Waals surface area contributed by atoms with Gasteiger partial charge < -0.3 is 15.4 Å². The van der Waals surface area contributed by atoms with Gasteiger partial charge in [0.05, 0.1) is 41.6 Å². The van der Waals surface area contributed by atoms with Crippen molar-refractivity contribution in [2.75, 3.05) is 0 Å². The van der Waals surface area contributed by atoms with E-state index in [1.807, 2.05) is 17.7 Å². The largest absolute Gasteiger partial charge is 0.390 e. The number of amides is 1. The van der Waals surface area contributed by atoms with Crippen molar-refractivity contribution in [1.29, 1.82) is 0 Å². The van der Waals surface area contributed by atoms with Crippen molar-refractivity contribution in [2.45, 2.75) is 40.4 Å². The van der Waals surface area contributed by atoms with Crippen LogP contribution in [0.5, 0.6) is 0 Å². The highest BCUT2D eigenvalue weighted by molar-refractivity contribution is 5.78. The highest BCUT2D eigenvalue weighted by Crippen LogP contribution is 2.13. The van der Waals surface area contributed by atoms with Crippen molar-refractivity contribution in [3.63, 3.8) is 0 Å². The molecule has 1 N–H and O–H groups in total. The molecule has 124 valence electrons. The van der Waals surface area contributed by atoms with Crippen LogP contribution in [0.15, 0.2) is 18.3 Å². The molecule has 0 aliphatic carbocycles. The number of aromatic nitrogens is 4. The van der Waals surface area contributed by atoms with Crippen LogP contribution in [0.3, 0.4) is 0 Å². The monoisotopic (exact) mass is 320 g/mol. The normalized spacial score (nSPS) is 12.1. The summed E-state index contributed by atoms with van der Waals surface area (Å²) >= 11 is 0. The first kappa shape index (κ1) is 16.7. The highest BCUT2D eigenvalue weighted by Gasteiger charge is 2.20. The van der Waals surface area contributed by atoms with Gasteiger partial charge in [0, 0.05) is 12.7 Å². The molecule has 2 aromatic rings. The Hall–Kier alpha value is -2.71. The summed E-state index contributed by atoms with van der Waals surface area (Å²) in [5.41, 5.74) is 1.58. The van der Waals surface area contributed by atoms with E-state index in [1.54, 1.807) is 20.0 Å². The summed E-state index contributed by atoms with van der Waals surface area (Å²) in [5, 5.41) is 21.6. The maximum absolute atomic E-state index is 12.2. The maximum Gasteiger partial charge on any atom is 0.390 e. The second kappa shape index (κ2) is 7.03. The predicted molar refractivity (Wildman–Crippen MR) is 82.5 cm³/mol. The number of hydrogen-bond donors (Lipinski definition) is 1. The second-order valence-corrected chi connectivity index (χ2v) is 5.34. The Labute approximate surface area is 133 Å².